The fourth-order valence-corrected chi connectivity index (χ4v) is 9.16. The SMILES string of the molecule is C.C.CC(C(N)=O)c1ccccc1CCc1nc(Cc2cnn(C3CCN(C)CC3)c2)ncc1C(F)(F)F.CC(C(N)=O)c1ccccc1CCc1nc(Cc2cnn(C3CCNCC3)c2)ncc1C(F)(F)F. The second-order valence-corrected chi connectivity index (χ2v) is 18.5. The zero-order valence-electron chi connectivity index (χ0n) is 40.1. The van der Waals surface area contributed by atoms with Gasteiger partial charge in [0.1, 0.15) is 11.6 Å². The molecule has 2 fully saturated rings. The van der Waals surface area contributed by atoms with Gasteiger partial charge in [-0.3, -0.25) is 19.0 Å². The second-order valence-electron chi connectivity index (χ2n) is 18.5. The first-order chi connectivity index (χ1) is 33.8. The Morgan fingerprint density at radius 1 is 0.630 bits per heavy atom. The van der Waals surface area contributed by atoms with Crippen molar-refractivity contribution in [2.75, 3.05) is 33.2 Å². The van der Waals surface area contributed by atoms with E-state index in [1.807, 2.05) is 27.8 Å². The van der Waals surface area contributed by atoms with Crippen molar-refractivity contribution in [3.05, 3.63) is 153 Å². The van der Waals surface area contributed by atoms with Gasteiger partial charge in [0, 0.05) is 37.6 Å². The van der Waals surface area contributed by atoms with Crippen LogP contribution in [0.2, 0.25) is 0 Å². The number of aryl methyl sites for hydroxylation is 4. The molecule has 0 saturated carbocycles. The maximum absolute atomic E-state index is 13.7. The summed E-state index contributed by atoms with van der Waals surface area (Å²) in [6.07, 6.45) is 5.23. The first-order valence-corrected chi connectivity index (χ1v) is 23.9. The minimum absolute atomic E-state index is 0. The Kier molecular flexibility index (Phi) is 20.0. The van der Waals surface area contributed by atoms with Crippen LogP contribution < -0.4 is 16.8 Å². The maximum Gasteiger partial charge on any atom is 0.419 e. The number of nitrogens with one attached hydrogen (secondary N) is 1. The molecule has 14 nitrogen and oxygen atoms in total. The Hall–Kier alpha value is -6.54. The molecule has 8 rings (SSSR count). The van der Waals surface area contributed by atoms with Gasteiger partial charge in [0.2, 0.25) is 11.8 Å². The number of alkyl halides is 6. The number of benzene rings is 2. The number of nitrogens with two attached hydrogens (primary N) is 2. The zero-order chi connectivity index (χ0) is 50.9. The van der Waals surface area contributed by atoms with Gasteiger partial charge < -0.3 is 21.7 Å². The number of primary amides is 2. The van der Waals surface area contributed by atoms with Crippen molar-refractivity contribution in [2.24, 2.45) is 11.5 Å². The molecule has 0 radical (unpaired) electrons. The summed E-state index contributed by atoms with van der Waals surface area (Å²) in [4.78, 5) is 42.3. The van der Waals surface area contributed by atoms with Crippen LogP contribution in [0.5, 0.6) is 0 Å². The molecule has 2 aliphatic heterocycles. The standard InChI is InChI=1S/C26H31F3N6O.C25H29F3N6O.2CH4/c1-17(25(30)36)21-6-4-3-5-19(21)7-8-23-22(26(27,28)29)15-31-24(33-23)13-18-14-32-35(16-18)20-9-11-34(2)12-10-20;1-16(24(29)35)20-5-3-2-4-18(20)6-7-22-21(25(26,27)28)14-31-23(33-22)12-17-13-32-34(15-17)19-8-10-30-11-9-19;;/h3-6,14-17,20H,7-13H2,1-2H3,(H2,30,36);2-5,13-16,19,30H,6-12H2,1H3,(H2,29,35);2*1H4. The molecule has 2 amide bonds. The molecular formula is C53H68F6N12O2. The van der Waals surface area contributed by atoms with E-state index in [2.05, 4.69) is 47.4 Å². The van der Waals surface area contributed by atoms with E-state index in [-0.39, 0.29) is 39.1 Å². The second kappa shape index (κ2) is 25.4. The first-order valence-electron chi connectivity index (χ1n) is 23.9. The molecule has 2 atom stereocenters. The van der Waals surface area contributed by atoms with Gasteiger partial charge in [-0.05, 0) is 132 Å². The summed E-state index contributed by atoms with van der Waals surface area (Å²) < 4.78 is 86.1. The molecule has 2 aromatic carbocycles. The van der Waals surface area contributed by atoms with E-state index in [0.29, 0.717) is 60.5 Å². The van der Waals surface area contributed by atoms with Crippen molar-refractivity contribution >= 4 is 11.8 Å². The van der Waals surface area contributed by atoms with Gasteiger partial charge in [0.25, 0.3) is 0 Å². The van der Waals surface area contributed by atoms with E-state index in [0.717, 1.165) is 86.5 Å². The summed E-state index contributed by atoms with van der Waals surface area (Å²) in [6.45, 7) is 7.27. The minimum Gasteiger partial charge on any atom is -0.369 e. The van der Waals surface area contributed by atoms with E-state index in [9.17, 15) is 35.9 Å². The number of hydrogen-bond acceptors (Lipinski definition) is 10. The summed E-state index contributed by atoms with van der Waals surface area (Å²) in [6, 6.07) is 15.0. The number of nitrogens with zero attached hydrogens (tertiary/aromatic N) is 9. The maximum atomic E-state index is 13.7. The third kappa shape index (κ3) is 15.3. The quantitative estimate of drug-likeness (QED) is 0.0791. The topological polar surface area (TPSA) is 189 Å². The lowest BCUT2D eigenvalue weighted by molar-refractivity contribution is -0.139. The third-order valence-corrected chi connectivity index (χ3v) is 13.4. The number of piperidine rings is 2. The van der Waals surface area contributed by atoms with E-state index in [1.165, 1.54) is 0 Å². The Morgan fingerprint density at radius 2 is 1.03 bits per heavy atom. The van der Waals surface area contributed by atoms with Gasteiger partial charge in [0.05, 0.1) is 58.8 Å². The van der Waals surface area contributed by atoms with Crippen LogP contribution in [0.4, 0.5) is 26.3 Å². The summed E-state index contributed by atoms with van der Waals surface area (Å²) in [7, 11) is 2.10. The summed E-state index contributed by atoms with van der Waals surface area (Å²) in [5, 5.41) is 12.2. The fourth-order valence-electron chi connectivity index (χ4n) is 9.16. The lowest BCUT2D eigenvalue weighted by Gasteiger charge is -2.28. The van der Waals surface area contributed by atoms with Crippen LogP contribution in [0.3, 0.4) is 0 Å². The fraction of sp³-hybridized carbons (Fsp3) is 0.472. The highest BCUT2D eigenvalue weighted by atomic mass is 19.4. The van der Waals surface area contributed by atoms with Crippen molar-refractivity contribution in [1.29, 1.82) is 0 Å². The lowest BCUT2D eigenvalue weighted by Crippen LogP contribution is -2.31. The number of carbonyl (C=O) groups excluding carboxylic acids is 2. The van der Waals surface area contributed by atoms with Gasteiger partial charge in [-0.2, -0.15) is 36.5 Å². The van der Waals surface area contributed by atoms with Crippen molar-refractivity contribution in [2.45, 2.75) is 129 Å². The van der Waals surface area contributed by atoms with E-state index in [4.69, 9.17) is 11.5 Å². The summed E-state index contributed by atoms with van der Waals surface area (Å²) in [5.74, 6) is -1.40. The normalized spacial score (nSPS) is 15.6. The molecule has 73 heavy (non-hydrogen) atoms. The number of aromatic nitrogens is 8. The highest BCUT2D eigenvalue weighted by Crippen LogP contribution is 2.34. The molecule has 2 saturated heterocycles. The van der Waals surface area contributed by atoms with Crippen LogP contribution in [0.25, 0.3) is 0 Å². The number of likely N-dealkylation sites (tertiary alicyclic amines) is 1. The number of carbonyl (C=O) groups is 2. The first kappa shape index (κ1) is 57.4. The molecule has 6 heterocycles. The van der Waals surface area contributed by atoms with Crippen LogP contribution >= 0.6 is 0 Å². The third-order valence-electron chi connectivity index (χ3n) is 13.4. The molecule has 20 heteroatoms. The van der Waals surface area contributed by atoms with Crippen molar-refractivity contribution in [3.63, 3.8) is 0 Å². The number of amides is 2. The Balaban J connectivity index is 0.000000264. The molecule has 4 aromatic heterocycles. The highest BCUT2D eigenvalue weighted by molar-refractivity contribution is 5.82. The van der Waals surface area contributed by atoms with E-state index >= 15 is 0 Å². The predicted molar refractivity (Wildman–Crippen MR) is 267 cm³/mol. The zero-order valence-corrected chi connectivity index (χ0v) is 40.1. The Bertz CT molecular complexity index is 2740. The predicted octanol–water partition coefficient (Wildman–Crippen LogP) is 8.78. The van der Waals surface area contributed by atoms with Crippen molar-refractivity contribution in [3.8, 4) is 0 Å². The average molecular weight is 1020 g/mol. The molecule has 0 bridgehead atoms. The van der Waals surface area contributed by atoms with Gasteiger partial charge in [0.15, 0.2) is 0 Å². The number of rotatable bonds is 16. The van der Waals surface area contributed by atoms with Gasteiger partial charge in [-0.25, -0.2) is 19.9 Å². The molecule has 2 unspecified atom stereocenters. The molecule has 0 aliphatic carbocycles. The van der Waals surface area contributed by atoms with Crippen molar-refractivity contribution < 1.29 is 35.9 Å². The highest BCUT2D eigenvalue weighted by Gasteiger charge is 2.36. The average Bonchev–Trinajstić information content (AvgIpc) is 4.02. The van der Waals surface area contributed by atoms with Crippen LogP contribution in [0, 0.1) is 0 Å². The largest absolute Gasteiger partial charge is 0.419 e. The van der Waals surface area contributed by atoms with Gasteiger partial charge in [-0.15, -0.1) is 0 Å². The molecule has 394 valence electrons. The lowest BCUT2D eigenvalue weighted by atomic mass is 9.92. The molecule has 6 aromatic rings. The van der Waals surface area contributed by atoms with Crippen LogP contribution in [-0.2, 0) is 60.5 Å². The molecular weight excluding hydrogens is 951 g/mol. The number of halogens is 6. The molecule has 5 N–H and O–H groups in total. The van der Waals surface area contributed by atoms with E-state index in [1.54, 1.807) is 68.7 Å². The Labute approximate surface area is 423 Å². The molecule has 0 spiro atoms. The summed E-state index contributed by atoms with van der Waals surface area (Å²) >= 11 is 0. The summed E-state index contributed by atoms with van der Waals surface area (Å²) in [5.41, 5.74) is 13.8. The number of hydrogen-bond donors (Lipinski definition) is 3. The Morgan fingerprint density at radius 3 is 1.42 bits per heavy atom. The van der Waals surface area contributed by atoms with Crippen LogP contribution in [0.1, 0.15) is 146 Å². The molecule has 2 aliphatic rings. The monoisotopic (exact) mass is 1020 g/mol. The van der Waals surface area contributed by atoms with Crippen molar-refractivity contribution in [1.82, 2.24) is 49.7 Å². The minimum atomic E-state index is -4.56. The van der Waals surface area contributed by atoms with Gasteiger partial charge in [-0.1, -0.05) is 63.4 Å². The van der Waals surface area contributed by atoms with Gasteiger partial charge >= 0.3 is 12.4 Å². The van der Waals surface area contributed by atoms with Crippen LogP contribution in [-0.4, -0.2) is 89.4 Å². The van der Waals surface area contributed by atoms with Crippen LogP contribution in [0.15, 0.2) is 85.7 Å². The van der Waals surface area contributed by atoms with E-state index < -0.39 is 47.1 Å². The smallest absolute Gasteiger partial charge is 0.369 e.